The lowest BCUT2D eigenvalue weighted by Gasteiger charge is -2.14. The van der Waals surface area contributed by atoms with Gasteiger partial charge in [-0.25, -0.2) is 4.98 Å². The second-order valence-electron chi connectivity index (χ2n) is 3.40. The number of amides is 1. The van der Waals surface area contributed by atoms with Crippen LogP contribution in [-0.2, 0) is 4.79 Å². The lowest BCUT2D eigenvalue weighted by molar-refractivity contribution is -0.117. The van der Waals surface area contributed by atoms with Crippen LogP contribution in [0.2, 0.25) is 5.15 Å². The lowest BCUT2D eigenvalue weighted by atomic mass is 10.1. The van der Waals surface area contributed by atoms with E-state index in [9.17, 15) is 4.79 Å². The summed E-state index contributed by atoms with van der Waals surface area (Å²) >= 11 is 5.71. The number of nitrogens with zero attached hydrogens (tertiary/aromatic N) is 3. The Kier molecular flexibility index (Phi) is 2.68. The van der Waals surface area contributed by atoms with Crippen molar-refractivity contribution in [3.8, 4) is 0 Å². The summed E-state index contributed by atoms with van der Waals surface area (Å²) in [5, 5.41) is 0.294. The van der Waals surface area contributed by atoms with Gasteiger partial charge in [0, 0.05) is 18.9 Å². The number of hydrogen-bond acceptors (Lipinski definition) is 3. The summed E-state index contributed by atoms with van der Waals surface area (Å²) in [5.41, 5.74) is 0. The first-order valence-corrected chi connectivity index (χ1v) is 4.99. The van der Waals surface area contributed by atoms with E-state index in [2.05, 4.69) is 16.5 Å². The van der Waals surface area contributed by atoms with E-state index in [0.29, 0.717) is 23.9 Å². The molecule has 0 aliphatic carbocycles. The summed E-state index contributed by atoms with van der Waals surface area (Å²) in [6, 6.07) is 0. The molecule has 5 heteroatoms. The van der Waals surface area contributed by atoms with E-state index in [0.717, 1.165) is 0 Å². The van der Waals surface area contributed by atoms with E-state index >= 15 is 0 Å². The minimum absolute atomic E-state index is 0.0384. The van der Waals surface area contributed by atoms with Gasteiger partial charge in [0.2, 0.25) is 5.91 Å². The summed E-state index contributed by atoms with van der Waals surface area (Å²) in [4.78, 5) is 21.2. The number of hydrogen-bond donors (Lipinski definition) is 0. The Hall–Kier alpha value is -1.42. The summed E-state index contributed by atoms with van der Waals surface area (Å²) in [6.07, 6.45) is 5.25. The molecular weight excluding hydrogens is 214 g/mol. The molecular formula is C10H10ClN3O. The Morgan fingerprint density at radius 2 is 2.40 bits per heavy atom. The van der Waals surface area contributed by atoms with Crippen molar-refractivity contribution in [2.24, 2.45) is 5.92 Å². The van der Waals surface area contributed by atoms with Crippen molar-refractivity contribution < 1.29 is 4.79 Å². The predicted octanol–water partition coefficient (Wildman–Crippen LogP) is 1.67. The van der Waals surface area contributed by atoms with Crippen LogP contribution in [0.4, 0.5) is 5.82 Å². The van der Waals surface area contributed by atoms with Crippen molar-refractivity contribution in [2.45, 2.75) is 6.42 Å². The molecule has 0 N–H and O–H groups in total. The Balaban J connectivity index is 2.25. The fraction of sp³-hybridized carbons (Fsp3) is 0.300. The Labute approximate surface area is 92.6 Å². The fourth-order valence-corrected chi connectivity index (χ4v) is 1.72. The van der Waals surface area contributed by atoms with Gasteiger partial charge < -0.3 is 0 Å². The second kappa shape index (κ2) is 3.98. The standard InChI is InChI=1S/C10H10ClN3O/c1-2-7-3-10(15)14(6-7)9-5-12-4-8(11)13-9/h2,4-5,7H,1,3,6H2. The molecule has 0 saturated carbocycles. The minimum atomic E-state index is 0.0384. The van der Waals surface area contributed by atoms with E-state index in [1.54, 1.807) is 11.0 Å². The maximum Gasteiger partial charge on any atom is 0.228 e. The van der Waals surface area contributed by atoms with Gasteiger partial charge in [-0.2, -0.15) is 0 Å². The highest BCUT2D eigenvalue weighted by molar-refractivity contribution is 6.29. The molecule has 0 spiro atoms. The summed E-state index contributed by atoms with van der Waals surface area (Å²) in [5.74, 6) is 0.742. The van der Waals surface area contributed by atoms with Gasteiger partial charge in [-0.3, -0.25) is 14.7 Å². The molecule has 0 radical (unpaired) electrons. The molecule has 2 rings (SSSR count). The normalized spacial score (nSPS) is 20.7. The van der Waals surface area contributed by atoms with Gasteiger partial charge in [-0.15, -0.1) is 6.58 Å². The number of carbonyl (C=O) groups is 1. The van der Waals surface area contributed by atoms with Gasteiger partial charge in [0.1, 0.15) is 5.15 Å². The van der Waals surface area contributed by atoms with Gasteiger partial charge in [0.15, 0.2) is 5.82 Å². The van der Waals surface area contributed by atoms with Gasteiger partial charge in [0.25, 0.3) is 0 Å². The molecule has 2 heterocycles. The predicted molar refractivity (Wildman–Crippen MR) is 57.7 cm³/mol. The second-order valence-corrected chi connectivity index (χ2v) is 3.79. The molecule has 1 aliphatic rings. The molecule has 0 aromatic carbocycles. The van der Waals surface area contributed by atoms with Crippen LogP contribution in [0.1, 0.15) is 6.42 Å². The topological polar surface area (TPSA) is 46.1 Å². The molecule has 1 saturated heterocycles. The smallest absolute Gasteiger partial charge is 0.228 e. The number of halogens is 1. The quantitative estimate of drug-likeness (QED) is 0.717. The third-order valence-electron chi connectivity index (χ3n) is 2.36. The van der Waals surface area contributed by atoms with Gasteiger partial charge in [0.05, 0.1) is 12.4 Å². The first-order valence-electron chi connectivity index (χ1n) is 4.61. The van der Waals surface area contributed by atoms with Crippen LogP contribution < -0.4 is 4.90 Å². The Morgan fingerprint density at radius 3 is 3.00 bits per heavy atom. The van der Waals surface area contributed by atoms with E-state index in [1.165, 1.54) is 12.4 Å². The average Bonchev–Trinajstić information content (AvgIpc) is 2.60. The molecule has 1 fully saturated rings. The highest BCUT2D eigenvalue weighted by Crippen LogP contribution is 2.24. The van der Waals surface area contributed by atoms with Crippen molar-refractivity contribution in [1.82, 2.24) is 9.97 Å². The molecule has 1 aromatic heterocycles. The van der Waals surface area contributed by atoms with Crippen molar-refractivity contribution in [3.63, 3.8) is 0 Å². The zero-order valence-electron chi connectivity index (χ0n) is 8.06. The van der Waals surface area contributed by atoms with E-state index in [1.807, 2.05) is 0 Å². The fourth-order valence-electron chi connectivity index (χ4n) is 1.58. The van der Waals surface area contributed by atoms with Crippen LogP contribution in [0.25, 0.3) is 0 Å². The van der Waals surface area contributed by atoms with Crippen molar-refractivity contribution >= 4 is 23.3 Å². The molecule has 1 aromatic rings. The highest BCUT2D eigenvalue weighted by atomic mass is 35.5. The maximum absolute atomic E-state index is 11.6. The number of rotatable bonds is 2. The van der Waals surface area contributed by atoms with Gasteiger partial charge >= 0.3 is 0 Å². The van der Waals surface area contributed by atoms with Crippen LogP contribution in [0.3, 0.4) is 0 Å². The molecule has 1 unspecified atom stereocenters. The Morgan fingerprint density at radius 1 is 1.60 bits per heavy atom. The number of anilines is 1. The third-order valence-corrected chi connectivity index (χ3v) is 2.54. The molecule has 1 amide bonds. The van der Waals surface area contributed by atoms with Crippen LogP contribution >= 0.6 is 11.6 Å². The SMILES string of the molecule is C=CC1CC(=O)N(c2cncc(Cl)n2)C1. The largest absolute Gasteiger partial charge is 0.295 e. The number of aromatic nitrogens is 2. The first-order chi connectivity index (χ1) is 7.20. The van der Waals surface area contributed by atoms with Gasteiger partial charge in [-0.1, -0.05) is 17.7 Å². The highest BCUT2D eigenvalue weighted by Gasteiger charge is 2.29. The van der Waals surface area contributed by atoms with E-state index < -0.39 is 0 Å². The average molecular weight is 224 g/mol. The van der Waals surface area contributed by atoms with Gasteiger partial charge in [-0.05, 0) is 0 Å². The van der Waals surface area contributed by atoms with Crippen molar-refractivity contribution in [1.29, 1.82) is 0 Å². The van der Waals surface area contributed by atoms with Crippen LogP contribution in [0.5, 0.6) is 0 Å². The molecule has 15 heavy (non-hydrogen) atoms. The van der Waals surface area contributed by atoms with Crippen LogP contribution in [-0.4, -0.2) is 22.4 Å². The monoisotopic (exact) mass is 223 g/mol. The maximum atomic E-state index is 11.6. The third kappa shape index (κ3) is 1.99. The summed E-state index contributed by atoms with van der Waals surface area (Å²) < 4.78 is 0. The molecule has 4 nitrogen and oxygen atoms in total. The Bertz CT molecular complexity index is 407. The molecule has 1 aliphatic heterocycles. The van der Waals surface area contributed by atoms with Crippen molar-refractivity contribution in [3.05, 3.63) is 30.2 Å². The van der Waals surface area contributed by atoms with E-state index in [4.69, 9.17) is 11.6 Å². The molecule has 0 bridgehead atoms. The number of carbonyl (C=O) groups excluding carboxylic acids is 1. The molecule has 1 atom stereocenters. The van der Waals surface area contributed by atoms with Crippen LogP contribution in [0.15, 0.2) is 25.0 Å². The van der Waals surface area contributed by atoms with Crippen LogP contribution in [0, 0.1) is 5.92 Å². The zero-order chi connectivity index (χ0) is 10.8. The van der Waals surface area contributed by atoms with E-state index in [-0.39, 0.29) is 11.8 Å². The van der Waals surface area contributed by atoms with Crippen molar-refractivity contribution in [2.75, 3.05) is 11.4 Å². The first kappa shape index (κ1) is 10.1. The minimum Gasteiger partial charge on any atom is -0.295 e. The zero-order valence-corrected chi connectivity index (χ0v) is 8.81. The lowest BCUT2D eigenvalue weighted by Crippen LogP contribution is -2.25. The summed E-state index contributed by atoms with van der Waals surface area (Å²) in [7, 11) is 0. The summed E-state index contributed by atoms with van der Waals surface area (Å²) in [6.45, 7) is 4.29. The molecule has 78 valence electrons.